The third-order valence-electron chi connectivity index (χ3n) is 2.95. The molecule has 0 spiro atoms. The van der Waals surface area contributed by atoms with Gasteiger partial charge in [-0.25, -0.2) is 4.39 Å². The van der Waals surface area contributed by atoms with Crippen LogP contribution in [0.1, 0.15) is 10.4 Å². The third-order valence-corrected chi connectivity index (χ3v) is 3.81. The van der Waals surface area contributed by atoms with E-state index < -0.39 is 11.7 Å². The minimum Gasteiger partial charge on any atom is -0.403 e. The van der Waals surface area contributed by atoms with E-state index in [2.05, 4.69) is 15.5 Å². The van der Waals surface area contributed by atoms with Crippen LogP contribution in [0.15, 0.2) is 46.9 Å². The standard InChI is InChI=1S/C15H8Cl2FN3O2/c16-11-9(6-7-10(18)12(11)17)14-20-21-15(23-14)19-13(22)8-4-2-1-3-5-8/h1-7H,(H,19,21,22). The minimum atomic E-state index is -0.655. The van der Waals surface area contributed by atoms with Crippen molar-refractivity contribution in [1.82, 2.24) is 10.2 Å². The van der Waals surface area contributed by atoms with Crippen LogP contribution in [0.5, 0.6) is 0 Å². The number of anilines is 1. The van der Waals surface area contributed by atoms with Gasteiger partial charge in [-0.3, -0.25) is 10.1 Å². The third kappa shape index (κ3) is 3.18. The fraction of sp³-hybridized carbons (Fsp3) is 0. The SMILES string of the molecule is O=C(Nc1nnc(-c2ccc(F)c(Cl)c2Cl)o1)c1ccccc1. The fourth-order valence-corrected chi connectivity index (χ4v) is 2.23. The van der Waals surface area contributed by atoms with Crippen molar-refractivity contribution in [3.05, 3.63) is 63.9 Å². The summed E-state index contributed by atoms with van der Waals surface area (Å²) in [5.74, 6) is -1.04. The van der Waals surface area contributed by atoms with E-state index in [9.17, 15) is 9.18 Å². The van der Waals surface area contributed by atoms with Crippen LogP contribution in [0.25, 0.3) is 11.5 Å². The first-order chi connectivity index (χ1) is 11.1. The molecule has 0 saturated carbocycles. The molecule has 5 nitrogen and oxygen atoms in total. The highest BCUT2D eigenvalue weighted by molar-refractivity contribution is 6.43. The van der Waals surface area contributed by atoms with Crippen molar-refractivity contribution in [3.63, 3.8) is 0 Å². The zero-order valence-electron chi connectivity index (χ0n) is 11.4. The van der Waals surface area contributed by atoms with E-state index in [0.29, 0.717) is 5.56 Å². The molecule has 0 aliphatic heterocycles. The Morgan fingerprint density at radius 2 is 1.78 bits per heavy atom. The number of carbonyl (C=O) groups is 1. The Labute approximate surface area is 140 Å². The number of nitrogens with zero attached hydrogens (tertiary/aromatic N) is 2. The number of amides is 1. The Morgan fingerprint density at radius 3 is 2.52 bits per heavy atom. The number of hydrogen-bond donors (Lipinski definition) is 1. The molecule has 0 aliphatic carbocycles. The second-order valence-electron chi connectivity index (χ2n) is 4.46. The molecule has 8 heteroatoms. The van der Waals surface area contributed by atoms with Crippen molar-refractivity contribution in [2.75, 3.05) is 5.32 Å². The van der Waals surface area contributed by atoms with Crippen molar-refractivity contribution >= 4 is 35.1 Å². The summed E-state index contributed by atoms with van der Waals surface area (Å²) in [5, 5.41) is 9.66. The van der Waals surface area contributed by atoms with Crippen molar-refractivity contribution in [1.29, 1.82) is 0 Å². The molecule has 1 heterocycles. The summed E-state index contributed by atoms with van der Waals surface area (Å²) >= 11 is 11.7. The quantitative estimate of drug-likeness (QED) is 0.708. The van der Waals surface area contributed by atoms with Gasteiger partial charge in [0, 0.05) is 5.56 Å². The number of carbonyl (C=O) groups excluding carboxylic acids is 1. The number of nitrogens with one attached hydrogen (secondary N) is 1. The lowest BCUT2D eigenvalue weighted by molar-refractivity contribution is 0.102. The van der Waals surface area contributed by atoms with E-state index in [1.807, 2.05) is 0 Å². The lowest BCUT2D eigenvalue weighted by Gasteiger charge is -2.02. The summed E-state index contributed by atoms with van der Waals surface area (Å²) in [6.45, 7) is 0. The van der Waals surface area contributed by atoms with Gasteiger partial charge in [-0.15, -0.1) is 5.10 Å². The zero-order chi connectivity index (χ0) is 16.4. The van der Waals surface area contributed by atoms with Crippen LogP contribution in [0, 0.1) is 5.82 Å². The van der Waals surface area contributed by atoms with Crippen molar-refractivity contribution in [2.45, 2.75) is 0 Å². The van der Waals surface area contributed by atoms with Crippen LogP contribution >= 0.6 is 23.2 Å². The molecule has 3 rings (SSSR count). The molecule has 0 unspecified atom stereocenters. The molecule has 0 aliphatic rings. The summed E-state index contributed by atoms with van der Waals surface area (Å²) in [6, 6.07) is 10.9. The molecule has 0 radical (unpaired) electrons. The number of benzene rings is 2. The molecular formula is C15H8Cl2FN3O2. The average Bonchev–Trinajstić information content (AvgIpc) is 3.02. The van der Waals surface area contributed by atoms with Gasteiger partial charge >= 0.3 is 6.01 Å². The van der Waals surface area contributed by atoms with Crippen LogP contribution in [-0.2, 0) is 0 Å². The lowest BCUT2D eigenvalue weighted by Crippen LogP contribution is -2.11. The summed E-state index contributed by atoms with van der Waals surface area (Å²) in [6.07, 6.45) is 0. The Bertz CT molecular complexity index is 868. The summed E-state index contributed by atoms with van der Waals surface area (Å²) in [7, 11) is 0. The van der Waals surface area contributed by atoms with Gasteiger partial charge in [0.2, 0.25) is 0 Å². The molecule has 1 amide bonds. The topological polar surface area (TPSA) is 68.0 Å². The molecule has 116 valence electrons. The van der Waals surface area contributed by atoms with Gasteiger partial charge in [0.15, 0.2) is 0 Å². The first-order valence-electron chi connectivity index (χ1n) is 6.40. The molecule has 0 bridgehead atoms. The predicted octanol–water partition coefficient (Wildman–Crippen LogP) is 4.43. The van der Waals surface area contributed by atoms with E-state index in [1.54, 1.807) is 30.3 Å². The number of hydrogen-bond acceptors (Lipinski definition) is 4. The van der Waals surface area contributed by atoms with E-state index in [-0.39, 0.29) is 27.5 Å². The second kappa shape index (κ2) is 6.36. The van der Waals surface area contributed by atoms with Crippen molar-refractivity contribution in [2.24, 2.45) is 0 Å². The highest BCUT2D eigenvalue weighted by Crippen LogP contribution is 2.35. The monoisotopic (exact) mass is 351 g/mol. The van der Waals surface area contributed by atoms with Gasteiger partial charge in [-0.05, 0) is 24.3 Å². The van der Waals surface area contributed by atoms with Crippen LogP contribution in [-0.4, -0.2) is 16.1 Å². The maximum absolute atomic E-state index is 13.3. The van der Waals surface area contributed by atoms with Gasteiger partial charge in [-0.2, -0.15) is 0 Å². The Morgan fingerprint density at radius 1 is 1.04 bits per heavy atom. The van der Waals surface area contributed by atoms with Crippen molar-refractivity contribution in [3.8, 4) is 11.5 Å². The second-order valence-corrected chi connectivity index (χ2v) is 5.21. The van der Waals surface area contributed by atoms with Crippen molar-refractivity contribution < 1.29 is 13.6 Å². The van der Waals surface area contributed by atoms with Gasteiger partial charge < -0.3 is 4.42 Å². The fourth-order valence-electron chi connectivity index (χ4n) is 1.83. The van der Waals surface area contributed by atoms with Crippen LogP contribution < -0.4 is 5.32 Å². The van der Waals surface area contributed by atoms with Gasteiger partial charge in [-0.1, -0.05) is 46.5 Å². The van der Waals surface area contributed by atoms with Crippen LogP contribution in [0.2, 0.25) is 10.0 Å². The molecule has 3 aromatic rings. The van der Waals surface area contributed by atoms with E-state index in [4.69, 9.17) is 27.6 Å². The molecular weight excluding hydrogens is 344 g/mol. The molecule has 0 fully saturated rings. The largest absolute Gasteiger partial charge is 0.403 e. The maximum atomic E-state index is 13.3. The first kappa shape index (κ1) is 15.5. The molecule has 0 atom stereocenters. The zero-order valence-corrected chi connectivity index (χ0v) is 12.9. The van der Waals surface area contributed by atoms with Gasteiger partial charge in [0.05, 0.1) is 15.6 Å². The minimum absolute atomic E-state index is 0.0141. The smallest absolute Gasteiger partial charge is 0.322 e. The summed E-state index contributed by atoms with van der Waals surface area (Å²) < 4.78 is 18.6. The normalized spacial score (nSPS) is 10.6. The maximum Gasteiger partial charge on any atom is 0.322 e. The summed E-state index contributed by atoms with van der Waals surface area (Å²) in [5.41, 5.74) is 0.709. The predicted molar refractivity (Wildman–Crippen MR) is 84.1 cm³/mol. The van der Waals surface area contributed by atoms with Crippen LogP contribution in [0.3, 0.4) is 0 Å². The summed E-state index contributed by atoms with van der Waals surface area (Å²) in [4.78, 5) is 12.0. The van der Waals surface area contributed by atoms with E-state index in [1.165, 1.54) is 6.07 Å². The first-order valence-corrected chi connectivity index (χ1v) is 7.15. The highest BCUT2D eigenvalue weighted by Gasteiger charge is 2.17. The van der Waals surface area contributed by atoms with Gasteiger partial charge in [0.25, 0.3) is 11.8 Å². The number of rotatable bonds is 3. The lowest BCUT2D eigenvalue weighted by atomic mass is 10.2. The van der Waals surface area contributed by atoms with Crippen LogP contribution in [0.4, 0.5) is 10.4 Å². The Hall–Kier alpha value is -2.44. The number of aromatic nitrogens is 2. The van der Waals surface area contributed by atoms with E-state index in [0.717, 1.165) is 6.07 Å². The number of halogens is 3. The Kier molecular flexibility index (Phi) is 4.27. The molecule has 1 aromatic heterocycles. The molecule has 0 saturated heterocycles. The molecule has 1 N–H and O–H groups in total. The molecule has 2 aromatic carbocycles. The van der Waals surface area contributed by atoms with Gasteiger partial charge in [0.1, 0.15) is 5.82 Å². The highest BCUT2D eigenvalue weighted by atomic mass is 35.5. The Balaban J connectivity index is 1.84. The average molecular weight is 352 g/mol. The molecule has 23 heavy (non-hydrogen) atoms. The van der Waals surface area contributed by atoms with E-state index >= 15 is 0 Å².